The van der Waals surface area contributed by atoms with E-state index in [-0.39, 0.29) is 0 Å². The van der Waals surface area contributed by atoms with Crippen molar-refractivity contribution in [1.82, 2.24) is 9.97 Å². The van der Waals surface area contributed by atoms with Crippen molar-refractivity contribution in [3.05, 3.63) is 57.6 Å². The Bertz CT molecular complexity index is 589. The molecule has 0 aliphatic carbocycles. The lowest BCUT2D eigenvalue weighted by Gasteiger charge is -2.08. The summed E-state index contributed by atoms with van der Waals surface area (Å²) in [5, 5.41) is 0. The topological polar surface area (TPSA) is 25.8 Å². The fourth-order valence-electron chi connectivity index (χ4n) is 1.71. The molecular formula is C16H17BrN2. The zero-order valence-corrected chi connectivity index (χ0v) is 13.0. The molecule has 0 atom stereocenters. The molecule has 0 radical (unpaired) electrons. The van der Waals surface area contributed by atoms with E-state index >= 15 is 0 Å². The number of hydrogen-bond donors (Lipinski definition) is 0. The summed E-state index contributed by atoms with van der Waals surface area (Å²) in [6, 6.07) is 10.2. The summed E-state index contributed by atoms with van der Waals surface area (Å²) in [4.78, 5) is 9.10. The maximum absolute atomic E-state index is 4.60. The third kappa shape index (κ3) is 3.51. The molecule has 0 N–H and O–H groups in total. The summed E-state index contributed by atoms with van der Waals surface area (Å²) in [6.45, 7) is 6.21. The van der Waals surface area contributed by atoms with E-state index in [1.54, 1.807) is 0 Å². The van der Waals surface area contributed by atoms with Crippen LogP contribution in [-0.2, 0) is 0 Å². The highest BCUT2D eigenvalue weighted by Crippen LogP contribution is 2.22. The van der Waals surface area contributed by atoms with E-state index in [9.17, 15) is 0 Å². The fraction of sp³-hybridized carbons (Fsp3) is 0.250. The van der Waals surface area contributed by atoms with E-state index in [4.69, 9.17) is 0 Å². The van der Waals surface area contributed by atoms with Crippen molar-refractivity contribution in [2.24, 2.45) is 0 Å². The monoisotopic (exact) mass is 316 g/mol. The van der Waals surface area contributed by atoms with Crippen LogP contribution in [0, 0.1) is 6.92 Å². The molecule has 0 saturated carbocycles. The first-order valence-electron chi connectivity index (χ1n) is 6.35. The van der Waals surface area contributed by atoms with Gasteiger partial charge in [-0.2, -0.15) is 0 Å². The first kappa shape index (κ1) is 13.9. The highest BCUT2D eigenvalue weighted by Gasteiger charge is 2.09. The van der Waals surface area contributed by atoms with E-state index in [1.165, 1.54) is 0 Å². The van der Waals surface area contributed by atoms with Crippen LogP contribution in [0.25, 0.3) is 12.2 Å². The van der Waals surface area contributed by atoms with Gasteiger partial charge < -0.3 is 0 Å². The minimum absolute atomic E-state index is 0.329. The Kier molecular flexibility index (Phi) is 4.48. The quantitative estimate of drug-likeness (QED) is 0.809. The van der Waals surface area contributed by atoms with Gasteiger partial charge in [-0.1, -0.05) is 50.3 Å². The van der Waals surface area contributed by atoms with E-state index in [0.29, 0.717) is 5.92 Å². The number of nitrogens with zero attached hydrogens (tertiary/aromatic N) is 2. The van der Waals surface area contributed by atoms with Gasteiger partial charge in [0.25, 0.3) is 0 Å². The van der Waals surface area contributed by atoms with Crippen LogP contribution >= 0.6 is 15.9 Å². The smallest absolute Gasteiger partial charge is 0.131 e. The molecule has 0 aliphatic heterocycles. The molecule has 1 aromatic heterocycles. The van der Waals surface area contributed by atoms with Crippen LogP contribution < -0.4 is 0 Å². The lowest BCUT2D eigenvalue weighted by Crippen LogP contribution is -2.02. The van der Waals surface area contributed by atoms with Crippen LogP contribution in [0.2, 0.25) is 0 Å². The molecule has 2 rings (SSSR count). The summed E-state index contributed by atoms with van der Waals surface area (Å²) in [5.41, 5.74) is 3.07. The number of hydrogen-bond acceptors (Lipinski definition) is 2. The van der Waals surface area contributed by atoms with Crippen molar-refractivity contribution < 1.29 is 0 Å². The first-order chi connectivity index (χ1) is 9.08. The Hall–Kier alpha value is -1.48. The summed E-state index contributed by atoms with van der Waals surface area (Å²) in [6.07, 6.45) is 4.09. The summed E-state index contributed by atoms with van der Waals surface area (Å²) >= 11 is 3.56. The van der Waals surface area contributed by atoms with Crippen LogP contribution in [0.1, 0.15) is 42.5 Å². The predicted octanol–water partition coefficient (Wildman–Crippen LogP) is 4.84. The van der Waals surface area contributed by atoms with Gasteiger partial charge in [0, 0.05) is 5.92 Å². The Morgan fingerprint density at radius 2 is 1.74 bits per heavy atom. The molecule has 3 heteroatoms. The Morgan fingerprint density at radius 3 is 2.37 bits per heavy atom. The van der Waals surface area contributed by atoms with Crippen LogP contribution in [0.3, 0.4) is 0 Å². The van der Waals surface area contributed by atoms with Crippen LogP contribution in [0.4, 0.5) is 0 Å². The highest BCUT2D eigenvalue weighted by molar-refractivity contribution is 9.10. The van der Waals surface area contributed by atoms with Gasteiger partial charge in [0.05, 0.1) is 15.9 Å². The molecule has 2 nitrogen and oxygen atoms in total. The van der Waals surface area contributed by atoms with Gasteiger partial charge in [-0.3, -0.25) is 0 Å². The second kappa shape index (κ2) is 6.11. The number of benzene rings is 1. The van der Waals surface area contributed by atoms with Gasteiger partial charge in [0.1, 0.15) is 5.82 Å². The molecule has 0 spiro atoms. The lowest BCUT2D eigenvalue weighted by atomic mass is 10.1. The largest absolute Gasteiger partial charge is 0.237 e. The normalized spacial score (nSPS) is 11.4. The minimum Gasteiger partial charge on any atom is -0.237 e. The van der Waals surface area contributed by atoms with Crippen LogP contribution in [0.15, 0.2) is 34.8 Å². The van der Waals surface area contributed by atoms with Crippen molar-refractivity contribution in [2.75, 3.05) is 0 Å². The molecule has 0 bridgehead atoms. The standard InChI is InChI=1S/C16H17BrN2/c1-11(2)16-18-12(3)15(17)14(19-16)10-9-13-7-5-4-6-8-13/h4-11H,1-3H3. The third-order valence-electron chi connectivity index (χ3n) is 2.81. The van der Waals surface area contributed by atoms with Gasteiger partial charge in [-0.05, 0) is 34.5 Å². The van der Waals surface area contributed by atoms with Gasteiger partial charge in [0.2, 0.25) is 0 Å². The molecule has 0 saturated heterocycles. The molecule has 98 valence electrons. The number of halogens is 1. The molecule has 0 aliphatic rings. The van der Waals surface area contributed by atoms with Gasteiger partial charge >= 0.3 is 0 Å². The minimum atomic E-state index is 0.329. The lowest BCUT2D eigenvalue weighted by molar-refractivity contribution is 0.761. The first-order valence-corrected chi connectivity index (χ1v) is 7.14. The fourth-order valence-corrected chi connectivity index (χ4v) is 2.02. The van der Waals surface area contributed by atoms with E-state index in [0.717, 1.165) is 27.2 Å². The number of aryl methyl sites for hydroxylation is 1. The molecule has 2 aromatic rings. The highest BCUT2D eigenvalue weighted by atomic mass is 79.9. The molecule has 1 heterocycles. The van der Waals surface area contributed by atoms with Crippen LogP contribution in [-0.4, -0.2) is 9.97 Å². The molecule has 0 unspecified atom stereocenters. The average molecular weight is 317 g/mol. The second-order valence-electron chi connectivity index (χ2n) is 4.77. The number of rotatable bonds is 3. The summed E-state index contributed by atoms with van der Waals surface area (Å²) in [7, 11) is 0. The molecular weight excluding hydrogens is 300 g/mol. The summed E-state index contributed by atoms with van der Waals surface area (Å²) in [5.74, 6) is 1.21. The van der Waals surface area contributed by atoms with Crippen LogP contribution in [0.5, 0.6) is 0 Å². The van der Waals surface area contributed by atoms with Crippen molar-refractivity contribution in [3.63, 3.8) is 0 Å². The zero-order valence-electron chi connectivity index (χ0n) is 11.4. The van der Waals surface area contributed by atoms with Gasteiger partial charge in [-0.15, -0.1) is 0 Å². The predicted molar refractivity (Wildman–Crippen MR) is 83.9 cm³/mol. The van der Waals surface area contributed by atoms with Gasteiger partial charge in [-0.25, -0.2) is 9.97 Å². The SMILES string of the molecule is Cc1nc(C(C)C)nc(C=Cc2ccccc2)c1Br. The van der Waals surface area contributed by atoms with Crippen molar-refractivity contribution in [1.29, 1.82) is 0 Å². The van der Waals surface area contributed by atoms with Crippen molar-refractivity contribution in [3.8, 4) is 0 Å². The zero-order chi connectivity index (χ0) is 13.8. The Morgan fingerprint density at radius 1 is 1.05 bits per heavy atom. The van der Waals surface area contributed by atoms with E-state index < -0.39 is 0 Å². The van der Waals surface area contributed by atoms with Crippen molar-refractivity contribution >= 4 is 28.1 Å². The summed E-state index contributed by atoms with van der Waals surface area (Å²) < 4.78 is 0.962. The second-order valence-corrected chi connectivity index (χ2v) is 5.56. The van der Waals surface area contributed by atoms with E-state index in [2.05, 4.69) is 58.0 Å². The molecule has 19 heavy (non-hydrogen) atoms. The number of aromatic nitrogens is 2. The Balaban J connectivity index is 2.37. The third-order valence-corrected chi connectivity index (χ3v) is 3.79. The van der Waals surface area contributed by atoms with Crippen molar-refractivity contribution in [2.45, 2.75) is 26.7 Å². The van der Waals surface area contributed by atoms with Gasteiger partial charge in [0.15, 0.2) is 0 Å². The average Bonchev–Trinajstić information content (AvgIpc) is 2.41. The maximum Gasteiger partial charge on any atom is 0.131 e. The Labute approximate surface area is 122 Å². The molecule has 0 fully saturated rings. The van der Waals surface area contributed by atoms with E-state index in [1.807, 2.05) is 31.2 Å². The maximum atomic E-state index is 4.60. The molecule has 0 amide bonds. The molecule has 1 aromatic carbocycles.